The zero-order valence-electron chi connectivity index (χ0n) is 7.59. The van der Waals surface area contributed by atoms with E-state index in [0.29, 0.717) is 0 Å². The van der Waals surface area contributed by atoms with Gasteiger partial charge in [-0.15, -0.1) is 0 Å². The molecule has 0 saturated heterocycles. The minimum Gasteiger partial charge on any atom is -0.325 e. The van der Waals surface area contributed by atoms with Crippen LogP contribution >= 0.6 is 0 Å². The quantitative estimate of drug-likeness (QED) is 0.720. The molecule has 0 atom stereocenters. The summed E-state index contributed by atoms with van der Waals surface area (Å²) in [5.41, 5.74) is 0. The van der Waals surface area contributed by atoms with Crippen LogP contribution in [0, 0.1) is 0 Å². The highest BCUT2D eigenvalue weighted by Gasteiger charge is 1.92. The Morgan fingerprint density at radius 3 is 1.64 bits per heavy atom. The summed E-state index contributed by atoms with van der Waals surface area (Å²) in [7, 11) is 0. The number of aromatic nitrogens is 2. The second-order valence-electron chi connectivity index (χ2n) is 2.55. The average Bonchev–Trinajstić information content (AvgIpc) is 2.21. The minimum atomic E-state index is 0. The van der Waals surface area contributed by atoms with Crippen LogP contribution in [0.2, 0.25) is 0 Å². The van der Waals surface area contributed by atoms with E-state index >= 15 is 0 Å². The van der Waals surface area contributed by atoms with Crippen LogP contribution in [0.15, 0.2) is 48.8 Å². The van der Waals surface area contributed by atoms with Crippen molar-refractivity contribution >= 4 is 20.0 Å². The summed E-state index contributed by atoms with van der Waals surface area (Å²) in [5, 5.41) is 3.08. The van der Waals surface area contributed by atoms with Crippen LogP contribution in [0.25, 0.3) is 0 Å². The number of nitrogens with zero attached hydrogens (tertiary/aromatic N) is 2. The summed E-state index contributed by atoms with van der Waals surface area (Å²) in [6.45, 7) is 0. The molecule has 0 amide bonds. The average molecular weight is 182 g/mol. The molecule has 67 valence electrons. The van der Waals surface area contributed by atoms with Gasteiger partial charge in [-0.3, -0.25) is 0 Å². The van der Waals surface area contributed by atoms with Crippen molar-refractivity contribution in [1.29, 1.82) is 0 Å². The molecule has 2 aromatic heterocycles. The van der Waals surface area contributed by atoms with Crippen molar-refractivity contribution in [3.8, 4) is 0 Å². The Balaban J connectivity index is 0.000000980. The predicted molar refractivity (Wildman–Crippen MR) is 57.5 cm³/mol. The molecular weight excluding hydrogens is 173 g/mol. The van der Waals surface area contributed by atoms with E-state index in [1.807, 2.05) is 36.4 Å². The highest BCUT2D eigenvalue weighted by Crippen LogP contribution is 2.08. The predicted octanol–water partition coefficient (Wildman–Crippen LogP) is 1.84. The summed E-state index contributed by atoms with van der Waals surface area (Å²) >= 11 is 0. The normalized spacial score (nSPS) is 8.86. The van der Waals surface area contributed by atoms with Crippen LogP contribution in [0.3, 0.4) is 0 Å². The van der Waals surface area contributed by atoms with Gasteiger partial charge in [-0.05, 0) is 24.3 Å². The van der Waals surface area contributed by atoms with E-state index in [9.17, 15) is 0 Å². The Hall–Kier alpha value is -1.84. The molecule has 0 bridgehead atoms. The van der Waals surface area contributed by atoms with Crippen LogP contribution in [0.4, 0.5) is 11.6 Å². The molecule has 3 radical (unpaired) electrons. The van der Waals surface area contributed by atoms with E-state index in [4.69, 9.17) is 0 Å². The van der Waals surface area contributed by atoms with Crippen LogP contribution in [0.5, 0.6) is 0 Å². The largest absolute Gasteiger partial charge is 0.325 e. The Bertz CT molecular complexity index is 326. The van der Waals surface area contributed by atoms with Gasteiger partial charge in [0.2, 0.25) is 0 Å². The van der Waals surface area contributed by atoms with E-state index in [1.54, 1.807) is 12.4 Å². The maximum Gasteiger partial charge on any atom is 0.131 e. The van der Waals surface area contributed by atoms with Crippen molar-refractivity contribution < 1.29 is 0 Å². The first-order valence-electron chi connectivity index (χ1n) is 4.04. The van der Waals surface area contributed by atoms with Gasteiger partial charge >= 0.3 is 0 Å². The van der Waals surface area contributed by atoms with Crippen molar-refractivity contribution in [3.05, 3.63) is 48.8 Å². The maximum absolute atomic E-state index is 4.12. The van der Waals surface area contributed by atoms with Crippen LogP contribution in [-0.2, 0) is 0 Å². The fraction of sp³-hybridized carbons (Fsp3) is 0. The number of hydrogen-bond donors (Lipinski definition) is 1. The lowest BCUT2D eigenvalue weighted by molar-refractivity contribution is 1.25. The lowest BCUT2D eigenvalue weighted by Crippen LogP contribution is -1.93. The molecule has 1 N–H and O–H groups in total. The van der Waals surface area contributed by atoms with Gasteiger partial charge < -0.3 is 5.32 Å². The smallest absolute Gasteiger partial charge is 0.131 e. The third kappa shape index (κ3) is 2.59. The molecule has 14 heavy (non-hydrogen) atoms. The monoisotopic (exact) mass is 182 g/mol. The van der Waals surface area contributed by atoms with E-state index in [2.05, 4.69) is 15.3 Å². The van der Waals surface area contributed by atoms with Gasteiger partial charge in [-0.1, -0.05) is 12.1 Å². The van der Waals surface area contributed by atoms with E-state index in [0.717, 1.165) is 11.6 Å². The highest BCUT2D eigenvalue weighted by molar-refractivity contribution is 5.75. The van der Waals surface area contributed by atoms with Gasteiger partial charge in [0.05, 0.1) is 0 Å². The van der Waals surface area contributed by atoms with Crippen molar-refractivity contribution in [2.24, 2.45) is 0 Å². The lowest BCUT2D eigenvalue weighted by atomic mass is 10.4. The Morgan fingerprint density at radius 2 is 1.29 bits per heavy atom. The van der Waals surface area contributed by atoms with E-state index in [1.165, 1.54) is 0 Å². The van der Waals surface area contributed by atoms with E-state index in [-0.39, 0.29) is 8.41 Å². The highest BCUT2D eigenvalue weighted by atomic mass is 15.0. The molecule has 2 heterocycles. The molecule has 0 spiro atoms. The summed E-state index contributed by atoms with van der Waals surface area (Å²) in [4.78, 5) is 8.25. The second-order valence-corrected chi connectivity index (χ2v) is 2.55. The first-order chi connectivity index (χ1) is 6.45. The van der Waals surface area contributed by atoms with Gasteiger partial charge in [-0.25, -0.2) is 9.97 Å². The first-order valence-corrected chi connectivity index (χ1v) is 4.04. The van der Waals surface area contributed by atoms with Crippen LogP contribution in [-0.4, -0.2) is 18.4 Å². The molecule has 3 nitrogen and oxygen atoms in total. The third-order valence-electron chi connectivity index (χ3n) is 1.59. The van der Waals surface area contributed by atoms with Crippen molar-refractivity contribution in [3.63, 3.8) is 0 Å². The molecule has 0 saturated carbocycles. The second kappa shape index (κ2) is 5.02. The number of pyridine rings is 2. The van der Waals surface area contributed by atoms with Gasteiger partial charge in [0.1, 0.15) is 11.6 Å². The van der Waals surface area contributed by atoms with Crippen molar-refractivity contribution in [2.45, 2.75) is 0 Å². The molecule has 0 aliphatic rings. The molecule has 4 heteroatoms. The Kier molecular flexibility index (Phi) is 3.67. The van der Waals surface area contributed by atoms with Gasteiger partial charge in [-0.2, -0.15) is 0 Å². The molecule has 2 aromatic rings. The van der Waals surface area contributed by atoms with Crippen molar-refractivity contribution in [2.75, 3.05) is 5.32 Å². The van der Waals surface area contributed by atoms with Crippen LogP contribution in [0.1, 0.15) is 0 Å². The topological polar surface area (TPSA) is 37.8 Å². The molecular formula is C10H9BN3. The molecule has 0 aliphatic heterocycles. The lowest BCUT2D eigenvalue weighted by Gasteiger charge is -2.02. The third-order valence-corrected chi connectivity index (χ3v) is 1.59. The summed E-state index contributed by atoms with van der Waals surface area (Å²) in [6, 6.07) is 11.4. The summed E-state index contributed by atoms with van der Waals surface area (Å²) in [6.07, 6.45) is 3.48. The maximum atomic E-state index is 4.12. The zero-order chi connectivity index (χ0) is 8.93. The van der Waals surface area contributed by atoms with Gasteiger partial charge in [0.25, 0.3) is 0 Å². The number of nitrogens with one attached hydrogen (secondary N) is 1. The van der Waals surface area contributed by atoms with Gasteiger partial charge in [0.15, 0.2) is 0 Å². The number of anilines is 2. The Labute approximate surface area is 84.8 Å². The summed E-state index contributed by atoms with van der Waals surface area (Å²) < 4.78 is 0. The van der Waals surface area contributed by atoms with Crippen LogP contribution < -0.4 is 5.32 Å². The number of hydrogen-bond acceptors (Lipinski definition) is 3. The fourth-order valence-electron chi connectivity index (χ4n) is 1.00. The first kappa shape index (κ1) is 10.2. The SMILES string of the molecule is [B].c1ccc(Nc2ccccn2)nc1. The van der Waals surface area contributed by atoms with E-state index < -0.39 is 0 Å². The fourth-order valence-corrected chi connectivity index (χ4v) is 1.00. The number of rotatable bonds is 2. The Morgan fingerprint density at radius 1 is 0.786 bits per heavy atom. The molecule has 2 rings (SSSR count). The molecule has 0 aromatic carbocycles. The summed E-state index contributed by atoms with van der Waals surface area (Å²) in [5.74, 6) is 1.61. The molecule has 0 aliphatic carbocycles. The van der Waals surface area contributed by atoms with Crippen molar-refractivity contribution in [1.82, 2.24) is 9.97 Å². The molecule has 0 unspecified atom stereocenters. The zero-order valence-corrected chi connectivity index (χ0v) is 7.59. The molecule has 0 fully saturated rings. The minimum absolute atomic E-state index is 0. The standard InChI is InChI=1S/C10H9N3.B/c1-3-7-11-9(5-1)13-10-6-2-4-8-12-10;/h1-8H,(H,11,12,13);. The van der Waals surface area contributed by atoms with Gasteiger partial charge in [0, 0.05) is 20.8 Å².